The molecule has 0 spiro atoms. The van der Waals surface area contributed by atoms with E-state index in [-0.39, 0.29) is 11.9 Å². The fourth-order valence-electron chi connectivity index (χ4n) is 1.70. The number of carbonyl (C=O) groups excluding carboxylic acids is 1. The second-order valence-corrected chi connectivity index (χ2v) is 3.72. The highest BCUT2D eigenvalue weighted by molar-refractivity contribution is 6.03. The van der Waals surface area contributed by atoms with Gasteiger partial charge in [-0.25, -0.2) is 4.79 Å². The van der Waals surface area contributed by atoms with Gasteiger partial charge < -0.3 is 4.84 Å². The second-order valence-electron chi connectivity index (χ2n) is 3.72. The van der Waals surface area contributed by atoms with Gasteiger partial charge in [0.15, 0.2) is 0 Å². The minimum atomic E-state index is -0.219. The summed E-state index contributed by atoms with van der Waals surface area (Å²) in [6, 6.07) is 10.1. The topological polar surface area (TPSA) is 38.7 Å². The molecule has 2 rings (SSSR count). The van der Waals surface area contributed by atoms with Gasteiger partial charge in [0.2, 0.25) is 0 Å². The van der Waals surface area contributed by atoms with Crippen molar-refractivity contribution in [2.45, 2.75) is 19.8 Å². The van der Waals surface area contributed by atoms with Crippen molar-refractivity contribution in [3.63, 3.8) is 0 Å². The van der Waals surface area contributed by atoms with Crippen LogP contribution in [0.25, 0.3) is 0 Å². The minimum absolute atomic E-state index is 0.148. The van der Waals surface area contributed by atoms with E-state index in [1.807, 2.05) is 25.1 Å². The summed E-state index contributed by atoms with van der Waals surface area (Å²) in [5.74, 6) is -0.367. The van der Waals surface area contributed by atoms with E-state index in [0.717, 1.165) is 18.6 Å². The fraction of sp³-hybridized carbons (Fsp3) is 0.333. The molecule has 0 aromatic heterocycles. The Morgan fingerprint density at radius 2 is 2.07 bits per heavy atom. The summed E-state index contributed by atoms with van der Waals surface area (Å²) < 4.78 is 0. The van der Waals surface area contributed by atoms with Crippen LogP contribution in [0.2, 0.25) is 0 Å². The lowest BCUT2D eigenvalue weighted by atomic mass is 9.96. The number of rotatable bonds is 3. The van der Waals surface area contributed by atoms with Crippen LogP contribution >= 0.6 is 0 Å². The third kappa shape index (κ3) is 2.24. The van der Waals surface area contributed by atoms with E-state index in [4.69, 9.17) is 0 Å². The molecule has 3 nitrogen and oxygen atoms in total. The molecule has 1 aromatic rings. The van der Waals surface area contributed by atoms with Gasteiger partial charge in [-0.05, 0) is 25.3 Å². The Bertz CT molecular complexity index is 384. The predicted molar refractivity (Wildman–Crippen MR) is 57.5 cm³/mol. The Labute approximate surface area is 88.7 Å². The van der Waals surface area contributed by atoms with Crippen LogP contribution in [0, 0.1) is 5.92 Å². The van der Waals surface area contributed by atoms with Gasteiger partial charge in [0.05, 0.1) is 5.71 Å². The van der Waals surface area contributed by atoms with Gasteiger partial charge in [0.25, 0.3) is 0 Å². The van der Waals surface area contributed by atoms with Gasteiger partial charge in [0.1, 0.15) is 5.92 Å². The Morgan fingerprint density at radius 3 is 2.67 bits per heavy atom. The summed E-state index contributed by atoms with van der Waals surface area (Å²) >= 11 is 0. The first kappa shape index (κ1) is 9.90. The lowest BCUT2D eigenvalue weighted by molar-refractivity contribution is -0.143. The van der Waals surface area contributed by atoms with Crippen LogP contribution in [0.3, 0.4) is 0 Å². The van der Waals surface area contributed by atoms with Gasteiger partial charge in [-0.1, -0.05) is 35.5 Å². The van der Waals surface area contributed by atoms with Gasteiger partial charge in [-0.2, -0.15) is 0 Å². The molecule has 1 aliphatic rings. The van der Waals surface area contributed by atoms with Gasteiger partial charge >= 0.3 is 5.97 Å². The number of oxime groups is 1. The quantitative estimate of drug-likeness (QED) is 0.706. The zero-order chi connectivity index (χ0) is 10.7. The molecule has 0 N–H and O–H groups in total. The molecule has 0 radical (unpaired) electrons. The number of hydrogen-bond acceptors (Lipinski definition) is 3. The summed E-state index contributed by atoms with van der Waals surface area (Å²) in [6.07, 6.45) is 1.66. The molecule has 0 bridgehead atoms. The van der Waals surface area contributed by atoms with Crippen molar-refractivity contribution < 1.29 is 9.63 Å². The van der Waals surface area contributed by atoms with Crippen LogP contribution in [0.4, 0.5) is 0 Å². The molecule has 1 atom stereocenters. The Hall–Kier alpha value is -1.64. The molecule has 0 aliphatic carbocycles. The summed E-state index contributed by atoms with van der Waals surface area (Å²) in [4.78, 5) is 15.9. The minimum Gasteiger partial charge on any atom is -0.318 e. The summed E-state index contributed by atoms with van der Waals surface area (Å²) in [7, 11) is 0. The van der Waals surface area contributed by atoms with Crippen LogP contribution in [0.5, 0.6) is 0 Å². The third-order valence-electron chi connectivity index (χ3n) is 2.63. The normalized spacial score (nSPS) is 19.9. The smallest absolute Gasteiger partial charge is 0.318 e. The van der Waals surface area contributed by atoms with E-state index in [1.165, 1.54) is 5.56 Å². The number of carbonyl (C=O) groups is 1. The third-order valence-corrected chi connectivity index (χ3v) is 2.63. The number of nitrogens with zero attached hydrogens (tertiary/aromatic N) is 1. The number of hydrogen-bond donors (Lipinski definition) is 0. The van der Waals surface area contributed by atoms with E-state index in [1.54, 1.807) is 0 Å². The second kappa shape index (κ2) is 4.26. The van der Waals surface area contributed by atoms with Crippen molar-refractivity contribution in [2.75, 3.05) is 0 Å². The maximum Gasteiger partial charge on any atom is 0.343 e. The zero-order valence-electron chi connectivity index (χ0n) is 8.64. The SMILES string of the molecule is CC1=NOC(=O)C1CCc1ccccc1. The van der Waals surface area contributed by atoms with Crippen LogP contribution in [0.15, 0.2) is 35.5 Å². The average Bonchev–Trinajstić information content (AvgIpc) is 2.58. The molecule has 1 aromatic carbocycles. The van der Waals surface area contributed by atoms with E-state index >= 15 is 0 Å². The Kier molecular flexibility index (Phi) is 2.81. The van der Waals surface area contributed by atoms with Gasteiger partial charge in [-0.15, -0.1) is 0 Å². The summed E-state index contributed by atoms with van der Waals surface area (Å²) in [5.41, 5.74) is 2.03. The van der Waals surface area contributed by atoms with E-state index in [2.05, 4.69) is 22.1 Å². The molecular weight excluding hydrogens is 190 g/mol. The first-order valence-corrected chi connectivity index (χ1v) is 5.06. The van der Waals surface area contributed by atoms with Crippen LogP contribution in [-0.2, 0) is 16.1 Å². The number of aryl methyl sites for hydroxylation is 1. The van der Waals surface area contributed by atoms with E-state index in [9.17, 15) is 4.79 Å². The van der Waals surface area contributed by atoms with Crippen molar-refractivity contribution in [3.8, 4) is 0 Å². The molecule has 1 heterocycles. The van der Waals surface area contributed by atoms with Crippen molar-refractivity contribution in [1.82, 2.24) is 0 Å². The lowest BCUT2D eigenvalue weighted by Crippen LogP contribution is -2.16. The first-order chi connectivity index (χ1) is 7.27. The van der Waals surface area contributed by atoms with Crippen molar-refractivity contribution in [3.05, 3.63) is 35.9 Å². The highest BCUT2D eigenvalue weighted by Gasteiger charge is 2.28. The lowest BCUT2D eigenvalue weighted by Gasteiger charge is -2.05. The molecule has 0 saturated carbocycles. The number of benzene rings is 1. The maximum atomic E-state index is 11.3. The standard InChI is InChI=1S/C12H13NO2/c1-9-11(12(14)15-13-9)8-7-10-5-3-2-4-6-10/h2-6,11H,7-8H2,1H3. The maximum absolute atomic E-state index is 11.3. The van der Waals surface area contributed by atoms with Gasteiger partial charge in [0, 0.05) is 0 Å². The summed E-state index contributed by atoms with van der Waals surface area (Å²) in [5, 5.41) is 3.68. The van der Waals surface area contributed by atoms with Crippen molar-refractivity contribution in [2.24, 2.45) is 11.1 Å². The van der Waals surface area contributed by atoms with Gasteiger partial charge in [-0.3, -0.25) is 0 Å². The van der Waals surface area contributed by atoms with E-state index in [0.29, 0.717) is 0 Å². The van der Waals surface area contributed by atoms with Crippen LogP contribution < -0.4 is 0 Å². The zero-order valence-corrected chi connectivity index (χ0v) is 8.64. The molecule has 15 heavy (non-hydrogen) atoms. The van der Waals surface area contributed by atoms with Crippen molar-refractivity contribution >= 4 is 11.7 Å². The van der Waals surface area contributed by atoms with Crippen molar-refractivity contribution in [1.29, 1.82) is 0 Å². The Balaban J connectivity index is 1.94. The highest BCUT2D eigenvalue weighted by Crippen LogP contribution is 2.18. The highest BCUT2D eigenvalue weighted by atomic mass is 16.7. The summed E-state index contributed by atoms with van der Waals surface area (Å²) in [6.45, 7) is 1.83. The molecule has 1 aliphatic heterocycles. The predicted octanol–water partition coefficient (Wildman–Crippen LogP) is 2.17. The molecule has 0 fully saturated rings. The molecule has 78 valence electrons. The monoisotopic (exact) mass is 203 g/mol. The largest absolute Gasteiger partial charge is 0.343 e. The van der Waals surface area contributed by atoms with Crippen LogP contribution in [-0.4, -0.2) is 11.7 Å². The fourth-order valence-corrected chi connectivity index (χ4v) is 1.70. The first-order valence-electron chi connectivity index (χ1n) is 5.06. The van der Waals surface area contributed by atoms with Crippen LogP contribution in [0.1, 0.15) is 18.9 Å². The molecular formula is C12H13NO2. The average molecular weight is 203 g/mol. The molecule has 0 amide bonds. The molecule has 1 unspecified atom stereocenters. The molecule has 3 heteroatoms. The molecule has 0 saturated heterocycles. The van der Waals surface area contributed by atoms with E-state index < -0.39 is 0 Å². The Morgan fingerprint density at radius 1 is 1.33 bits per heavy atom.